The molecule has 2 rings (SSSR count). The van der Waals surface area contributed by atoms with Crippen molar-refractivity contribution < 1.29 is 4.42 Å². The molecule has 0 aliphatic heterocycles. The first kappa shape index (κ1) is 16.6. The Balaban J connectivity index is 2.20. The lowest BCUT2D eigenvalue weighted by Crippen LogP contribution is -2.45. The van der Waals surface area contributed by atoms with E-state index in [1.54, 1.807) is 6.26 Å². The Hall–Kier alpha value is -0.800. The Labute approximate surface area is 129 Å². The zero-order chi connectivity index (χ0) is 15.2. The lowest BCUT2D eigenvalue weighted by Gasteiger charge is -2.38. The van der Waals surface area contributed by atoms with Gasteiger partial charge in [0.2, 0.25) is 0 Å². The molecule has 0 aromatic carbocycles. The van der Waals surface area contributed by atoms with E-state index in [1.807, 2.05) is 6.07 Å². The predicted molar refractivity (Wildman–Crippen MR) is 88.1 cm³/mol. The van der Waals surface area contributed by atoms with Gasteiger partial charge in [-0.15, -0.1) is 0 Å². The van der Waals surface area contributed by atoms with Crippen LogP contribution in [0.2, 0.25) is 0 Å². The van der Waals surface area contributed by atoms with Gasteiger partial charge in [-0.2, -0.15) is 0 Å². The van der Waals surface area contributed by atoms with Crippen LogP contribution in [0, 0.1) is 5.92 Å². The van der Waals surface area contributed by atoms with Gasteiger partial charge in [-0.25, -0.2) is 0 Å². The summed E-state index contributed by atoms with van der Waals surface area (Å²) in [6, 6.07) is 5.13. The molecule has 0 amide bonds. The molecule has 21 heavy (non-hydrogen) atoms. The maximum atomic E-state index is 6.48. The van der Waals surface area contributed by atoms with E-state index >= 15 is 0 Å². The minimum atomic E-state index is 0.143. The van der Waals surface area contributed by atoms with Gasteiger partial charge in [0.15, 0.2) is 0 Å². The van der Waals surface area contributed by atoms with E-state index in [0.29, 0.717) is 6.04 Å². The van der Waals surface area contributed by atoms with Gasteiger partial charge in [0.05, 0.1) is 12.3 Å². The van der Waals surface area contributed by atoms with Crippen molar-refractivity contribution in [3.05, 3.63) is 24.2 Å². The van der Waals surface area contributed by atoms with Crippen LogP contribution in [0.25, 0.3) is 0 Å². The molecule has 1 fully saturated rings. The highest BCUT2D eigenvalue weighted by Gasteiger charge is 2.34. The first-order valence-electron chi connectivity index (χ1n) is 8.68. The highest BCUT2D eigenvalue weighted by molar-refractivity contribution is 5.09. The van der Waals surface area contributed by atoms with Crippen LogP contribution in [0.15, 0.2) is 22.8 Å². The van der Waals surface area contributed by atoms with Crippen molar-refractivity contribution in [2.75, 3.05) is 6.54 Å². The van der Waals surface area contributed by atoms with Crippen molar-refractivity contribution in [3.63, 3.8) is 0 Å². The number of hydrogen-bond donors (Lipinski definition) is 1. The monoisotopic (exact) mass is 292 g/mol. The van der Waals surface area contributed by atoms with E-state index in [9.17, 15) is 0 Å². The summed E-state index contributed by atoms with van der Waals surface area (Å²) >= 11 is 0. The molecule has 2 N–H and O–H groups in total. The van der Waals surface area contributed by atoms with Gasteiger partial charge < -0.3 is 10.2 Å². The standard InChI is InChI=1S/C18H32N2O/c1-4-16(19)18(17-10-7-13-21-17)20(12-11-14(2)3)15-8-5-6-9-15/h7,10,13-16,18H,4-6,8-9,11-12,19H2,1-3H3. The lowest BCUT2D eigenvalue weighted by atomic mass is 9.98. The Morgan fingerprint density at radius 3 is 2.57 bits per heavy atom. The summed E-state index contributed by atoms with van der Waals surface area (Å²) in [5.41, 5.74) is 6.48. The summed E-state index contributed by atoms with van der Waals surface area (Å²) in [7, 11) is 0. The molecular weight excluding hydrogens is 260 g/mol. The molecule has 2 atom stereocenters. The molecule has 1 saturated carbocycles. The molecule has 120 valence electrons. The summed E-state index contributed by atoms with van der Waals surface area (Å²) in [6.45, 7) is 7.90. The van der Waals surface area contributed by atoms with E-state index in [4.69, 9.17) is 10.2 Å². The summed E-state index contributed by atoms with van der Waals surface area (Å²) < 4.78 is 5.74. The fourth-order valence-electron chi connectivity index (χ4n) is 3.50. The fourth-order valence-corrected chi connectivity index (χ4v) is 3.50. The summed E-state index contributed by atoms with van der Waals surface area (Å²) in [5, 5.41) is 0. The van der Waals surface area contributed by atoms with Crippen LogP contribution in [0.5, 0.6) is 0 Å². The molecule has 3 nitrogen and oxygen atoms in total. The van der Waals surface area contributed by atoms with Crippen molar-refractivity contribution in [1.29, 1.82) is 0 Å². The Kier molecular flexibility index (Phi) is 6.31. The van der Waals surface area contributed by atoms with E-state index in [0.717, 1.165) is 24.6 Å². The molecule has 1 aliphatic carbocycles. The third-order valence-corrected chi connectivity index (χ3v) is 4.83. The molecule has 1 aromatic rings. The minimum Gasteiger partial charge on any atom is -0.468 e. The van der Waals surface area contributed by atoms with Crippen LogP contribution < -0.4 is 5.73 Å². The maximum absolute atomic E-state index is 6.48. The average Bonchev–Trinajstić information content (AvgIpc) is 3.14. The second-order valence-electron chi connectivity index (χ2n) is 6.89. The van der Waals surface area contributed by atoms with E-state index in [-0.39, 0.29) is 12.1 Å². The number of rotatable bonds is 8. The third-order valence-electron chi connectivity index (χ3n) is 4.83. The number of hydrogen-bond acceptors (Lipinski definition) is 3. The van der Waals surface area contributed by atoms with E-state index in [2.05, 4.69) is 31.7 Å². The first-order valence-corrected chi connectivity index (χ1v) is 8.68. The smallest absolute Gasteiger partial charge is 0.122 e. The van der Waals surface area contributed by atoms with Crippen LogP contribution in [0.1, 0.15) is 71.1 Å². The molecule has 0 saturated heterocycles. The fraction of sp³-hybridized carbons (Fsp3) is 0.778. The number of furan rings is 1. The highest BCUT2D eigenvalue weighted by atomic mass is 16.3. The van der Waals surface area contributed by atoms with Crippen molar-refractivity contribution >= 4 is 0 Å². The molecule has 0 spiro atoms. The summed E-state index contributed by atoms with van der Waals surface area (Å²) in [5.74, 6) is 1.77. The maximum Gasteiger partial charge on any atom is 0.122 e. The SMILES string of the molecule is CCC(N)C(c1ccco1)N(CCC(C)C)C1CCCC1. The first-order chi connectivity index (χ1) is 10.1. The van der Waals surface area contributed by atoms with Crippen molar-refractivity contribution in [1.82, 2.24) is 4.90 Å². The highest BCUT2D eigenvalue weighted by Crippen LogP contribution is 2.34. The number of nitrogens with two attached hydrogens (primary N) is 1. The van der Waals surface area contributed by atoms with E-state index < -0.39 is 0 Å². The zero-order valence-corrected chi connectivity index (χ0v) is 13.9. The predicted octanol–water partition coefficient (Wildman–Crippen LogP) is 4.35. The average molecular weight is 292 g/mol. The van der Waals surface area contributed by atoms with Crippen LogP contribution in [0.4, 0.5) is 0 Å². The van der Waals surface area contributed by atoms with Gasteiger partial charge in [-0.1, -0.05) is 33.6 Å². The largest absolute Gasteiger partial charge is 0.468 e. The minimum absolute atomic E-state index is 0.143. The molecule has 2 unspecified atom stereocenters. The Bertz CT molecular complexity index is 382. The van der Waals surface area contributed by atoms with Crippen molar-refractivity contribution in [2.24, 2.45) is 11.7 Å². The van der Waals surface area contributed by atoms with Crippen molar-refractivity contribution in [3.8, 4) is 0 Å². The van der Waals surface area contributed by atoms with Gasteiger partial charge in [0.25, 0.3) is 0 Å². The molecule has 0 radical (unpaired) electrons. The molecule has 3 heteroatoms. The molecule has 1 heterocycles. The Morgan fingerprint density at radius 1 is 1.33 bits per heavy atom. The topological polar surface area (TPSA) is 42.4 Å². The van der Waals surface area contributed by atoms with Gasteiger partial charge >= 0.3 is 0 Å². The normalized spacial score (nSPS) is 19.5. The van der Waals surface area contributed by atoms with Gasteiger partial charge in [0, 0.05) is 12.1 Å². The summed E-state index contributed by atoms with van der Waals surface area (Å²) in [4.78, 5) is 2.65. The molecule has 0 bridgehead atoms. The molecular formula is C18H32N2O. The number of nitrogens with zero attached hydrogens (tertiary/aromatic N) is 1. The quantitative estimate of drug-likeness (QED) is 0.774. The summed E-state index contributed by atoms with van der Waals surface area (Å²) in [6.07, 6.45) is 9.32. The Morgan fingerprint density at radius 2 is 2.05 bits per heavy atom. The van der Waals surface area contributed by atoms with Gasteiger partial charge in [-0.05, 0) is 50.3 Å². The third kappa shape index (κ3) is 4.33. The van der Waals surface area contributed by atoms with E-state index in [1.165, 1.54) is 32.1 Å². The van der Waals surface area contributed by atoms with Gasteiger partial charge in [-0.3, -0.25) is 4.90 Å². The van der Waals surface area contributed by atoms with Crippen LogP contribution in [0.3, 0.4) is 0 Å². The lowest BCUT2D eigenvalue weighted by molar-refractivity contribution is 0.0926. The second-order valence-corrected chi connectivity index (χ2v) is 6.89. The van der Waals surface area contributed by atoms with Gasteiger partial charge in [0.1, 0.15) is 5.76 Å². The van der Waals surface area contributed by atoms with Crippen LogP contribution in [-0.2, 0) is 0 Å². The van der Waals surface area contributed by atoms with Crippen molar-refractivity contribution in [2.45, 2.75) is 77.4 Å². The molecule has 1 aromatic heterocycles. The van der Waals surface area contributed by atoms with Crippen LogP contribution >= 0.6 is 0 Å². The zero-order valence-electron chi connectivity index (χ0n) is 13.9. The second kappa shape index (κ2) is 8.00. The molecule has 1 aliphatic rings. The van der Waals surface area contributed by atoms with Crippen LogP contribution in [-0.4, -0.2) is 23.5 Å².